The molecule has 0 aliphatic carbocycles. The number of hydrogen-bond donors (Lipinski definition) is 1. The quantitative estimate of drug-likeness (QED) is 0.597. The van der Waals surface area contributed by atoms with E-state index in [1.54, 1.807) is 36.9 Å². The minimum atomic E-state index is -0.245. The Kier molecular flexibility index (Phi) is 3.97. The third kappa shape index (κ3) is 2.64. The molecule has 0 aliphatic heterocycles. The summed E-state index contributed by atoms with van der Waals surface area (Å²) in [7, 11) is 3.32. The maximum Gasteiger partial charge on any atom is 0.265 e. The van der Waals surface area contributed by atoms with E-state index >= 15 is 0 Å². The van der Waals surface area contributed by atoms with Gasteiger partial charge in [-0.15, -0.1) is 11.3 Å². The first kappa shape index (κ1) is 16.4. The molecule has 6 heteroatoms. The lowest BCUT2D eigenvalue weighted by atomic mass is 10.2. The number of aryl methyl sites for hydroxylation is 1. The third-order valence-electron chi connectivity index (χ3n) is 4.33. The predicted octanol–water partition coefficient (Wildman–Crippen LogP) is 4.01. The number of aromatic nitrogens is 1. The largest absolute Gasteiger partial charge is 0.497 e. The molecule has 0 radical (unpaired) electrons. The van der Waals surface area contributed by atoms with E-state index in [1.165, 1.54) is 11.3 Å². The Hall–Kier alpha value is -3.12. The van der Waals surface area contributed by atoms with Crippen molar-refractivity contribution in [3.05, 3.63) is 69.8 Å². The van der Waals surface area contributed by atoms with Gasteiger partial charge in [-0.05, 0) is 24.3 Å². The van der Waals surface area contributed by atoms with Crippen molar-refractivity contribution in [2.45, 2.75) is 0 Å². The van der Waals surface area contributed by atoms with Gasteiger partial charge in [0.1, 0.15) is 5.75 Å². The van der Waals surface area contributed by atoms with Crippen LogP contribution in [0.3, 0.4) is 0 Å². The molecule has 0 unspecified atom stereocenters. The zero-order valence-corrected chi connectivity index (χ0v) is 15.1. The van der Waals surface area contributed by atoms with Crippen LogP contribution in [-0.4, -0.2) is 17.6 Å². The van der Waals surface area contributed by atoms with Crippen molar-refractivity contribution in [3.63, 3.8) is 0 Å². The average molecular weight is 364 g/mol. The fourth-order valence-corrected chi connectivity index (χ4v) is 4.08. The van der Waals surface area contributed by atoms with Gasteiger partial charge < -0.3 is 14.6 Å². The summed E-state index contributed by atoms with van der Waals surface area (Å²) in [6.45, 7) is 0. The summed E-state index contributed by atoms with van der Waals surface area (Å²) in [4.78, 5) is 25.8. The predicted molar refractivity (Wildman–Crippen MR) is 106 cm³/mol. The van der Waals surface area contributed by atoms with Crippen LogP contribution in [0, 0.1) is 0 Å². The first-order chi connectivity index (χ1) is 12.6. The number of amides is 1. The molecule has 2 aromatic carbocycles. The summed E-state index contributed by atoms with van der Waals surface area (Å²) in [5.41, 5.74) is 1.39. The van der Waals surface area contributed by atoms with Gasteiger partial charge in [0.15, 0.2) is 0 Å². The molecule has 0 spiro atoms. The SMILES string of the molecule is COc1cccc(NC(=O)c2cc3c(=O)n(C)c4ccccc4c3s2)c1. The molecule has 0 saturated carbocycles. The molecule has 2 heterocycles. The van der Waals surface area contributed by atoms with Gasteiger partial charge in [-0.1, -0.05) is 24.3 Å². The standard InChI is InChI=1S/C20H16N2O3S/c1-22-16-9-4-3-8-14(16)18-15(20(22)24)11-17(26-18)19(23)21-12-6-5-7-13(10-12)25-2/h3-11H,1-2H3,(H,21,23). The molecule has 5 nitrogen and oxygen atoms in total. The Labute approximate surface area is 153 Å². The van der Waals surface area contributed by atoms with Gasteiger partial charge in [0, 0.05) is 28.9 Å². The van der Waals surface area contributed by atoms with Crippen LogP contribution >= 0.6 is 11.3 Å². The van der Waals surface area contributed by atoms with Crippen molar-refractivity contribution >= 4 is 43.9 Å². The summed E-state index contributed by atoms with van der Waals surface area (Å²) in [5, 5.41) is 4.39. The molecule has 1 N–H and O–H groups in total. The molecule has 1 amide bonds. The fourth-order valence-electron chi connectivity index (χ4n) is 3.00. The minimum absolute atomic E-state index is 0.101. The number of thiophene rings is 1. The van der Waals surface area contributed by atoms with Crippen molar-refractivity contribution < 1.29 is 9.53 Å². The molecule has 130 valence electrons. The number of pyridine rings is 1. The number of nitrogens with one attached hydrogen (secondary N) is 1. The zero-order chi connectivity index (χ0) is 18.3. The maximum atomic E-state index is 12.7. The van der Waals surface area contributed by atoms with Crippen LogP contribution < -0.4 is 15.6 Å². The summed E-state index contributed by atoms with van der Waals surface area (Å²) in [5.74, 6) is 0.421. The number of nitrogens with zero attached hydrogens (tertiary/aromatic N) is 1. The van der Waals surface area contributed by atoms with Crippen LogP contribution in [0.5, 0.6) is 5.75 Å². The second-order valence-electron chi connectivity index (χ2n) is 5.92. The number of ether oxygens (including phenoxy) is 1. The molecular weight excluding hydrogens is 348 g/mol. The number of methoxy groups -OCH3 is 1. The van der Waals surface area contributed by atoms with Crippen molar-refractivity contribution in [3.8, 4) is 5.75 Å². The molecular formula is C20H16N2O3S. The highest BCUT2D eigenvalue weighted by molar-refractivity contribution is 7.21. The van der Waals surface area contributed by atoms with Crippen molar-refractivity contribution in [1.82, 2.24) is 4.57 Å². The molecule has 4 aromatic rings. The molecule has 2 aromatic heterocycles. The van der Waals surface area contributed by atoms with E-state index in [4.69, 9.17) is 4.74 Å². The first-order valence-corrected chi connectivity index (χ1v) is 8.87. The highest BCUT2D eigenvalue weighted by atomic mass is 32.1. The number of para-hydroxylation sites is 1. The van der Waals surface area contributed by atoms with Crippen molar-refractivity contribution in [2.24, 2.45) is 7.05 Å². The summed E-state index contributed by atoms with van der Waals surface area (Å²) < 4.78 is 7.63. The topological polar surface area (TPSA) is 60.3 Å². The molecule has 0 atom stereocenters. The van der Waals surface area contributed by atoms with Crippen LogP contribution in [-0.2, 0) is 7.05 Å². The number of benzene rings is 2. The van der Waals surface area contributed by atoms with E-state index in [1.807, 2.05) is 36.4 Å². The van der Waals surface area contributed by atoms with Crippen LogP contribution in [0.1, 0.15) is 9.67 Å². The number of anilines is 1. The number of carbonyl (C=O) groups excluding carboxylic acids is 1. The van der Waals surface area contributed by atoms with Gasteiger partial charge in [-0.2, -0.15) is 0 Å². The highest BCUT2D eigenvalue weighted by Crippen LogP contribution is 2.30. The Bertz CT molecular complexity index is 1210. The van der Waals surface area contributed by atoms with Crippen molar-refractivity contribution in [2.75, 3.05) is 12.4 Å². The van der Waals surface area contributed by atoms with Gasteiger partial charge in [0.05, 0.1) is 22.9 Å². The lowest BCUT2D eigenvalue weighted by Gasteiger charge is -2.05. The van der Waals surface area contributed by atoms with E-state index in [2.05, 4.69) is 5.32 Å². The Morgan fingerprint density at radius 2 is 1.88 bits per heavy atom. The smallest absolute Gasteiger partial charge is 0.265 e. The minimum Gasteiger partial charge on any atom is -0.497 e. The second kappa shape index (κ2) is 6.31. The van der Waals surface area contributed by atoms with Crippen LogP contribution in [0.15, 0.2) is 59.4 Å². The van der Waals surface area contributed by atoms with Gasteiger partial charge >= 0.3 is 0 Å². The van der Waals surface area contributed by atoms with E-state index in [0.29, 0.717) is 21.7 Å². The second-order valence-corrected chi connectivity index (χ2v) is 6.97. The number of rotatable bonds is 3. The monoisotopic (exact) mass is 364 g/mol. The van der Waals surface area contributed by atoms with E-state index < -0.39 is 0 Å². The highest BCUT2D eigenvalue weighted by Gasteiger charge is 2.16. The van der Waals surface area contributed by atoms with E-state index in [0.717, 1.165) is 15.6 Å². The van der Waals surface area contributed by atoms with Crippen LogP contribution in [0.2, 0.25) is 0 Å². The molecule has 0 saturated heterocycles. The molecule has 0 bridgehead atoms. The number of hydrogen-bond acceptors (Lipinski definition) is 4. The van der Waals surface area contributed by atoms with Gasteiger partial charge in [0.25, 0.3) is 11.5 Å². The lowest BCUT2D eigenvalue weighted by molar-refractivity contribution is 0.103. The van der Waals surface area contributed by atoms with Gasteiger partial charge in [-0.25, -0.2) is 0 Å². The fraction of sp³-hybridized carbons (Fsp3) is 0.100. The molecule has 0 fully saturated rings. The third-order valence-corrected chi connectivity index (χ3v) is 5.50. The normalized spacial score (nSPS) is 11.0. The lowest BCUT2D eigenvalue weighted by Crippen LogP contribution is -2.16. The summed E-state index contributed by atoms with van der Waals surface area (Å²) in [6.07, 6.45) is 0. The number of fused-ring (bicyclic) bond motifs is 3. The summed E-state index contributed by atoms with van der Waals surface area (Å²) in [6, 6.07) is 16.5. The molecule has 0 aliphatic rings. The van der Waals surface area contributed by atoms with Gasteiger partial charge in [-0.3, -0.25) is 9.59 Å². The number of carbonyl (C=O) groups is 1. The van der Waals surface area contributed by atoms with E-state index in [-0.39, 0.29) is 11.5 Å². The Balaban J connectivity index is 1.80. The summed E-state index contributed by atoms with van der Waals surface area (Å²) >= 11 is 1.33. The maximum absolute atomic E-state index is 12.7. The van der Waals surface area contributed by atoms with E-state index in [9.17, 15) is 9.59 Å². The molecule has 26 heavy (non-hydrogen) atoms. The Morgan fingerprint density at radius 1 is 1.08 bits per heavy atom. The zero-order valence-electron chi connectivity index (χ0n) is 14.3. The molecule has 4 rings (SSSR count). The van der Waals surface area contributed by atoms with Crippen LogP contribution in [0.25, 0.3) is 21.0 Å². The van der Waals surface area contributed by atoms with Gasteiger partial charge in [0.2, 0.25) is 0 Å². The Morgan fingerprint density at radius 3 is 2.69 bits per heavy atom. The van der Waals surface area contributed by atoms with Crippen LogP contribution in [0.4, 0.5) is 5.69 Å². The first-order valence-electron chi connectivity index (χ1n) is 8.05. The average Bonchev–Trinajstić information content (AvgIpc) is 3.12. The van der Waals surface area contributed by atoms with Crippen molar-refractivity contribution in [1.29, 1.82) is 0 Å².